The molecule has 4 aromatic rings. The summed E-state index contributed by atoms with van der Waals surface area (Å²) in [4.78, 5) is 2.08. The van der Waals surface area contributed by atoms with Gasteiger partial charge in [-0.2, -0.15) is 12.5 Å². The lowest BCUT2D eigenvalue weighted by Gasteiger charge is -2.17. The molecule has 0 aliphatic rings. The van der Waals surface area contributed by atoms with E-state index in [2.05, 4.69) is 21.0 Å². The Bertz CT molecular complexity index is 1210. The summed E-state index contributed by atoms with van der Waals surface area (Å²) < 4.78 is 28.3. The van der Waals surface area contributed by atoms with Crippen LogP contribution in [0.25, 0.3) is 10.9 Å². The number of para-hydroxylation sites is 1. The fourth-order valence-corrected chi connectivity index (χ4v) is 4.80. The van der Waals surface area contributed by atoms with Crippen molar-refractivity contribution in [2.45, 2.75) is 4.90 Å². The number of nitrogens with zero attached hydrogens (tertiary/aromatic N) is 3. The Labute approximate surface area is 166 Å². The van der Waals surface area contributed by atoms with E-state index in [-0.39, 0.29) is 4.90 Å². The maximum absolute atomic E-state index is 13.2. The summed E-state index contributed by atoms with van der Waals surface area (Å²) in [5, 5.41) is 5.24. The Balaban J connectivity index is 1.98. The molecule has 0 aliphatic heterocycles. The molecular formula is C20H16BrN3O2S. The maximum Gasteiger partial charge on any atom is 0.283 e. The largest absolute Gasteiger partial charge is 0.327 e. The van der Waals surface area contributed by atoms with E-state index in [0.717, 1.165) is 19.6 Å². The molecule has 1 aromatic heterocycles. The summed E-state index contributed by atoms with van der Waals surface area (Å²) in [6, 6.07) is 23.5. The SMILES string of the molecule is CN(c1ccccc1)c1nn(S(=O)(=O)c2ccccc2)c2cccc(Br)c12. The molecule has 0 fully saturated rings. The Morgan fingerprint density at radius 2 is 1.52 bits per heavy atom. The van der Waals surface area contributed by atoms with Gasteiger partial charge in [0.25, 0.3) is 10.0 Å². The summed E-state index contributed by atoms with van der Waals surface area (Å²) in [6.07, 6.45) is 0. The van der Waals surface area contributed by atoms with Crippen LogP contribution in [0.2, 0.25) is 0 Å². The summed E-state index contributed by atoms with van der Waals surface area (Å²) in [5.74, 6) is 0.559. The van der Waals surface area contributed by atoms with E-state index >= 15 is 0 Å². The molecule has 136 valence electrons. The molecule has 0 atom stereocenters. The maximum atomic E-state index is 13.2. The average Bonchev–Trinajstić information content (AvgIpc) is 3.10. The molecule has 0 spiro atoms. The van der Waals surface area contributed by atoms with Crippen LogP contribution >= 0.6 is 15.9 Å². The van der Waals surface area contributed by atoms with Crippen LogP contribution in [0, 0.1) is 0 Å². The molecule has 5 nitrogen and oxygen atoms in total. The molecule has 4 rings (SSSR count). The van der Waals surface area contributed by atoms with Gasteiger partial charge in [0.05, 0.1) is 15.8 Å². The van der Waals surface area contributed by atoms with Gasteiger partial charge in [-0.1, -0.05) is 42.5 Å². The number of hydrogen-bond donors (Lipinski definition) is 0. The Kier molecular flexibility index (Phi) is 4.49. The van der Waals surface area contributed by atoms with Gasteiger partial charge in [0, 0.05) is 17.2 Å². The predicted molar refractivity (Wildman–Crippen MR) is 111 cm³/mol. The number of rotatable bonds is 4. The third kappa shape index (κ3) is 3.02. The number of anilines is 2. The molecule has 0 N–H and O–H groups in total. The topological polar surface area (TPSA) is 55.2 Å². The molecule has 0 aliphatic carbocycles. The summed E-state index contributed by atoms with van der Waals surface area (Å²) in [7, 11) is -1.95. The number of aromatic nitrogens is 2. The van der Waals surface area contributed by atoms with Gasteiger partial charge >= 0.3 is 0 Å². The predicted octanol–water partition coefficient (Wildman–Crippen LogP) is 4.80. The summed E-state index contributed by atoms with van der Waals surface area (Å²) in [5.41, 5.74) is 1.43. The quantitative estimate of drug-likeness (QED) is 0.456. The van der Waals surface area contributed by atoms with Crippen LogP contribution in [0.15, 0.2) is 88.2 Å². The third-order valence-corrected chi connectivity index (χ3v) is 6.60. The first kappa shape index (κ1) is 17.8. The minimum absolute atomic E-state index is 0.197. The zero-order valence-electron chi connectivity index (χ0n) is 14.4. The fraction of sp³-hybridized carbons (Fsp3) is 0.0500. The molecule has 27 heavy (non-hydrogen) atoms. The van der Waals surface area contributed by atoms with E-state index in [1.165, 1.54) is 0 Å². The number of halogens is 1. The van der Waals surface area contributed by atoms with Crippen LogP contribution in [-0.4, -0.2) is 24.7 Å². The van der Waals surface area contributed by atoms with Gasteiger partial charge in [0.15, 0.2) is 5.82 Å². The fourth-order valence-electron chi connectivity index (χ4n) is 2.97. The smallest absolute Gasteiger partial charge is 0.283 e. The summed E-state index contributed by atoms with van der Waals surface area (Å²) >= 11 is 3.55. The highest BCUT2D eigenvalue weighted by Gasteiger charge is 2.25. The van der Waals surface area contributed by atoms with Crippen LogP contribution in [-0.2, 0) is 10.0 Å². The first-order valence-electron chi connectivity index (χ1n) is 8.27. The Hall–Kier alpha value is -2.64. The van der Waals surface area contributed by atoms with E-state index in [9.17, 15) is 8.42 Å². The van der Waals surface area contributed by atoms with Crippen molar-refractivity contribution in [3.05, 3.63) is 83.3 Å². The first-order chi connectivity index (χ1) is 13.0. The second kappa shape index (κ2) is 6.83. The normalized spacial score (nSPS) is 11.6. The highest BCUT2D eigenvalue weighted by molar-refractivity contribution is 9.10. The van der Waals surface area contributed by atoms with Crippen molar-refractivity contribution in [2.75, 3.05) is 11.9 Å². The minimum Gasteiger partial charge on any atom is -0.327 e. The zero-order valence-corrected chi connectivity index (χ0v) is 16.9. The van der Waals surface area contributed by atoms with Crippen LogP contribution in [0.5, 0.6) is 0 Å². The van der Waals surface area contributed by atoms with Crippen molar-refractivity contribution in [1.29, 1.82) is 0 Å². The van der Waals surface area contributed by atoms with Crippen molar-refractivity contribution >= 4 is 48.4 Å². The van der Waals surface area contributed by atoms with Crippen LogP contribution in [0.4, 0.5) is 11.5 Å². The van der Waals surface area contributed by atoms with Gasteiger partial charge in [-0.15, -0.1) is 5.10 Å². The first-order valence-corrected chi connectivity index (χ1v) is 10.5. The molecule has 0 bridgehead atoms. The summed E-state index contributed by atoms with van der Waals surface area (Å²) in [6.45, 7) is 0. The van der Waals surface area contributed by atoms with Crippen molar-refractivity contribution in [3.63, 3.8) is 0 Å². The van der Waals surface area contributed by atoms with E-state index < -0.39 is 10.0 Å². The lowest BCUT2D eigenvalue weighted by Crippen LogP contribution is -2.16. The van der Waals surface area contributed by atoms with Crippen LogP contribution in [0.1, 0.15) is 0 Å². The molecule has 1 heterocycles. The second-order valence-corrected chi connectivity index (χ2v) is 8.63. The van der Waals surface area contributed by atoms with Gasteiger partial charge in [-0.3, -0.25) is 0 Å². The lowest BCUT2D eigenvalue weighted by atomic mass is 10.2. The monoisotopic (exact) mass is 441 g/mol. The highest BCUT2D eigenvalue weighted by Crippen LogP contribution is 2.36. The molecule has 0 unspecified atom stereocenters. The number of fused-ring (bicyclic) bond motifs is 1. The van der Waals surface area contributed by atoms with Crippen LogP contribution < -0.4 is 4.90 Å². The molecule has 7 heteroatoms. The molecule has 0 saturated heterocycles. The molecular weight excluding hydrogens is 426 g/mol. The second-order valence-electron chi connectivity index (χ2n) is 6.01. The average molecular weight is 442 g/mol. The van der Waals surface area contributed by atoms with E-state index in [4.69, 9.17) is 0 Å². The van der Waals surface area contributed by atoms with Crippen LogP contribution in [0.3, 0.4) is 0 Å². The van der Waals surface area contributed by atoms with Gasteiger partial charge in [-0.05, 0) is 52.3 Å². The third-order valence-electron chi connectivity index (χ3n) is 4.34. The Morgan fingerprint density at radius 1 is 0.889 bits per heavy atom. The number of benzene rings is 3. The van der Waals surface area contributed by atoms with Gasteiger partial charge in [0.1, 0.15) is 0 Å². The van der Waals surface area contributed by atoms with Crippen molar-refractivity contribution in [3.8, 4) is 0 Å². The zero-order chi connectivity index (χ0) is 19.0. The molecule has 3 aromatic carbocycles. The van der Waals surface area contributed by atoms with E-state index in [1.807, 2.05) is 48.3 Å². The van der Waals surface area contributed by atoms with Gasteiger partial charge in [0.2, 0.25) is 0 Å². The van der Waals surface area contributed by atoms with Gasteiger partial charge in [-0.25, -0.2) is 0 Å². The lowest BCUT2D eigenvalue weighted by molar-refractivity contribution is 0.582. The molecule has 0 radical (unpaired) electrons. The molecule has 0 saturated carbocycles. The van der Waals surface area contributed by atoms with E-state index in [1.54, 1.807) is 42.5 Å². The standard InChI is InChI=1S/C20H16BrN3O2S/c1-23(15-9-4-2-5-10-15)20-19-17(21)13-8-14-18(19)24(22-20)27(25,26)16-11-6-3-7-12-16/h2-14H,1H3. The van der Waals surface area contributed by atoms with Crippen molar-refractivity contribution in [1.82, 2.24) is 9.19 Å². The van der Waals surface area contributed by atoms with E-state index in [0.29, 0.717) is 11.3 Å². The minimum atomic E-state index is -3.82. The highest BCUT2D eigenvalue weighted by atomic mass is 79.9. The number of hydrogen-bond acceptors (Lipinski definition) is 4. The Morgan fingerprint density at radius 3 is 2.19 bits per heavy atom. The van der Waals surface area contributed by atoms with Crippen molar-refractivity contribution < 1.29 is 8.42 Å². The van der Waals surface area contributed by atoms with Crippen molar-refractivity contribution in [2.24, 2.45) is 0 Å². The molecule has 0 amide bonds. The van der Waals surface area contributed by atoms with Gasteiger partial charge < -0.3 is 4.90 Å².